The van der Waals surface area contributed by atoms with Crippen molar-refractivity contribution >= 4 is 18.4 Å². The van der Waals surface area contributed by atoms with E-state index in [1.807, 2.05) is 0 Å². The molecule has 0 radical (unpaired) electrons. The summed E-state index contributed by atoms with van der Waals surface area (Å²) in [6.07, 6.45) is 27.1. The second-order valence-electron chi connectivity index (χ2n) is 14.8. The standard InChI is InChI=1S/C48H68O2Si/c1-3-5-7-9-11-13-15-17-19-31-41-51(42-32-20-18-16-14-12-10-8-6-4-2,47-39-29-27-37-45(47)49-43-33-23-21-24-34-43)48-40-30-28-38-46(48)50-44-35-25-22-26-36-44/h21-30,33-40H,3-20,31-32,41-42H2,1-2H3. The van der Waals surface area contributed by atoms with E-state index in [1.165, 1.54) is 151 Å². The van der Waals surface area contributed by atoms with E-state index < -0.39 is 8.07 Å². The molecule has 0 spiro atoms. The number of hydrogen-bond acceptors (Lipinski definition) is 2. The van der Waals surface area contributed by atoms with Crippen LogP contribution in [0.1, 0.15) is 142 Å². The van der Waals surface area contributed by atoms with Gasteiger partial charge in [0.05, 0.1) is 0 Å². The molecule has 0 amide bonds. The fraction of sp³-hybridized carbons (Fsp3) is 0.500. The first-order chi connectivity index (χ1) is 25.3. The molecule has 0 unspecified atom stereocenters. The van der Waals surface area contributed by atoms with Crippen molar-refractivity contribution in [1.82, 2.24) is 0 Å². The van der Waals surface area contributed by atoms with Gasteiger partial charge in [-0.1, -0.05) is 215 Å². The van der Waals surface area contributed by atoms with Crippen LogP contribution in [0.3, 0.4) is 0 Å². The van der Waals surface area contributed by atoms with Crippen LogP contribution in [-0.4, -0.2) is 8.07 Å². The third-order valence-electron chi connectivity index (χ3n) is 10.7. The molecule has 2 nitrogen and oxygen atoms in total. The lowest BCUT2D eigenvalue weighted by molar-refractivity contribution is 0.484. The molecule has 0 bridgehead atoms. The van der Waals surface area contributed by atoms with E-state index in [-0.39, 0.29) is 0 Å². The summed E-state index contributed by atoms with van der Waals surface area (Å²) in [6, 6.07) is 41.1. The lowest BCUT2D eigenvalue weighted by atomic mass is 10.1. The molecule has 0 saturated carbocycles. The van der Waals surface area contributed by atoms with Gasteiger partial charge in [0.25, 0.3) is 0 Å². The summed E-state index contributed by atoms with van der Waals surface area (Å²) in [5.41, 5.74) is 0. The fourth-order valence-electron chi connectivity index (χ4n) is 7.77. The van der Waals surface area contributed by atoms with Crippen molar-refractivity contribution in [2.24, 2.45) is 0 Å². The summed E-state index contributed by atoms with van der Waals surface area (Å²) in [5, 5.41) is 2.84. The van der Waals surface area contributed by atoms with Crippen LogP contribution in [0.2, 0.25) is 12.1 Å². The van der Waals surface area contributed by atoms with Crippen molar-refractivity contribution in [3.05, 3.63) is 109 Å². The van der Waals surface area contributed by atoms with Gasteiger partial charge in [-0.05, 0) is 58.9 Å². The molecule has 0 aliphatic carbocycles. The van der Waals surface area contributed by atoms with Crippen molar-refractivity contribution < 1.29 is 9.47 Å². The molecule has 276 valence electrons. The van der Waals surface area contributed by atoms with Gasteiger partial charge < -0.3 is 9.47 Å². The largest absolute Gasteiger partial charge is 0.457 e. The fourth-order valence-corrected chi connectivity index (χ4v) is 13.1. The van der Waals surface area contributed by atoms with E-state index in [2.05, 4.69) is 123 Å². The number of hydrogen-bond donors (Lipinski definition) is 0. The summed E-state index contributed by atoms with van der Waals surface area (Å²) in [6.45, 7) is 4.61. The molecule has 4 aromatic rings. The number of para-hydroxylation sites is 4. The Hall–Kier alpha value is -3.30. The smallest absolute Gasteiger partial charge is 0.127 e. The monoisotopic (exact) mass is 704 g/mol. The van der Waals surface area contributed by atoms with Gasteiger partial charge in [-0.15, -0.1) is 0 Å². The van der Waals surface area contributed by atoms with Crippen molar-refractivity contribution in [2.45, 2.75) is 154 Å². The molecule has 0 saturated heterocycles. The normalized spacial score (nSPS) is 11.5. The highest BCUT2D eigenvalue weighted by Crippen LogP contribution is 2.33. The average Bonchev–Trinajstić information content (AvgIpc) is 3.17. The van der Waals surface area contributed by atoms with E-state index in [1.54, 1.807) is 0 Å². The van der Waals surface area contributed by atoms with E-state index in [0.717, 1.165) is 23.0 Å². The van der Waals surface area contributed by atoms with Gasteiger partial charge >= 0.3 is 0 Å². The number of ether oxygens (including phenoxy) is 2. The molecule has 0 atom stereocenters. The Bertz CT molecular complexity index is 1330. The molecule has 0 aliphatic heterocycles. The van der Waals surface area contributed by atoms with E-state index >= 15 is 0 Å². The topological polar surface area (TPSA) is 18.5 Å². The Morgan fingerprint density at radius 1 is 0.333 bits per heavy atom. The summed E-state index contributed by atoms with van der Waals surface area (Å²) in [7, 11) is -2.38. The Kier molecular flexibility index (Phi) is 19.7. The summed E-state index contributed by atoms with van der Waals surface area (Å²) < 4.78 is 13.6. The second kappa shape index (κ2) is 24.8. The third kappa shape index (κ3) is 14.3. The van der Waals surface area contributed by atoms with Crippen LogP contribution in [0.15, 0.2) is 109 Å². The van der Waals surface area contributed by atoms with Crippen molar-refractivity contribution in [1.29, 1.82) is 0 Å². The molecular formula is C48H68O2Si. The summed E-state index contributed by atoms with van der Waals surface area (Å²) in [4.78, 5) is 0. The Morgan fingerprint density at radius 3 is 0.980 bits per heavy atom. The maximum absolute atomic E-state index is 6.79. The highest BCUT2D eigenvalue weighted by atomic mass is 28.3. The second-order valence-corrected chi connectivity index (χ2v) is 19.0. The summed E-state index contributed by atoms with van der Waals surface area (Å²) >= 11 is 0. The van der Waals surface area contributed by atoms with Crippen LogP contribution in [0.25, 0.3) is 0 Å². The minimum atomic E-state index is -2.38. The van der Waals surface area contributed by atoms with Crippen molar-refractivity contribution in [3.63, 3.8) is 0 Å². The zero-order valence-corrected chi connectivity index (χ0v) is 33.3. The third-order valence-corrected chi connectivity index (χ3v) is 16.0. The first-order valence-corrected chi connectivity index (χ1v) is 23.3. The van der Waals surface area contributed by atoms with E-state index in [0.29, 0.717) is 0 Å². The number of benzene rings is 4. The van der Waals surface area contributed by atoms with E-state index in [4.69, 9.17) is 9.47 Å². The van der Waals surface area contributed by atoms with Crippen molar-refractivity contribution in [3.8, 4) is 23.0 Å². The minimum absolute atomic E-state index is 0.902. The van der Waals surface area contributed by atoms with E-state index in [9.17, 15) is 0 Å². The first kappa shape index (κ1) is 40.5. The molecule has 0 aliphatic rings. The molecule has 3 heteroatoms. The quantitative estimate of drug-likeness (QED) is 0.0433. The van der Waals surface area contributed by atoms with Crippen LogP contribution >= 0.6 is 0 Å². The first-order valence-electron chi connectivity index (χ1n) is 20.9. The molecule has 4 aromatic carbocycles. The maximum Gasteiger partial charge on any atom is 0.127 e. The van der Waals surface area contributed by atoms with Gasteiger partial charge in [-0.3, -0.25) is 0 Å². The van der Waals surface area contributed by atoms with Crippen LogP contribution < -0.4 is 19.8 Å². The number of unbranched alkanes of at least 4 members (excludes halogenated alkanes) is 18. The van der Waals surface area contributed by atoms with Gasteiger partial charge in [0.2, 0.25) is 0 Å². The predicted octanol–water partition coefficient (Wildman–Crippen LogP) is 14.7. The molecule has 0 aromatic heterocycles. The van der Waals surface area contributed by atoms with Gasteiger partial charge in [0.1, 0.15) is 31.1 Å². The van der Waals surface area contributed by atoms with Gasteiger partial charge in [0.15, 0.2) is 0 Å². The zero-order valence-electron chi connectivity index (χ0n) is 32.3. The average molecular weight is 705 g/mol. The SMILES string of the molecule is CCCCCCCCCCCC[Si](CCCCCCCCCCCC)(c1ccccc1Oc1ccccc1)c1ccccc1Oc1ccccc1. The van der Waals surface area contributed by atoms with Crippen LogP contribution in [-0.2, 0) is 0 Å². The van der Waals surface area contributed by atoms with Gasteiger partial charge in [-0.2, -0.15) is 0 Å². The predicted molar refractivity (Wildman–Crippen MR) is 224 cm³/mol. The van der Waals surface area contributed by atoms with Crippen molar-refractivity contribution in [2.75, 3.05) is 0 Å². The summed E-state index contributed by atoms with van der Waals surface area (Å²) in [5.74, 6) is 3.84. The Labute approximate surface area is 313 Å². The molecule has 0 heterocycles. The zero-order chi connectivity index (χ0) is 35.7. The molecule has 0 fully saturated rings. The number of rotatable bonds is 28. The highest BCUT2D eigenvalue weighted by molar-refractivity contribution is 7.03. The van der Waals surface area contributed by atoms with Crippen LogP contribution in [0.5, 0.6) is 23.0 Å². The maximum atomic E-state index is 6.79. The highest BCUT2D eigenvalue weighted by Gasteiger charge is 2.41. The molecule has 51 heavy (non-hydrogen) atoms. The molecular weight excluding hydrogens is 637 g/mol. The van der Waals surface area contributed by atoms with Gasteiger partial charge in [-0.25, -0.2) is 0 Å². The lowest BCUT2D eigenvalue weighted by Gasteiger charge is -2.36. The van der Waals surface area contributed by atoms with Crippen LogP contribution in [0.4, 0.5) is 0 Å². The van der Waals surface area contributed by atoms with Crippen LogP contribution in [0, 0.1) is 0 Å². The Balaban J connectivity index is 1.60. The minimum Gasteiger partial charge on any atom is -0.457 e. The lowest BCUT2D eigenvalue weighted by Crippen LogP contribution is -2.58. The molecule has 4 rings (SSSR count). The molecule has 0 N–H and O–H groups in total. The van der Waals surface area contributed by atoms with Gasteiger partial charge in [0, 0.05) is 0 Å². The Morgan fingerprint density at radius 2 is 0.627 bits per heavy atom.